The molecule has 6 nitrogen and oxygen atoms in total. The zero-order valence-corrected chi connectivity index (χ0v) is 15.6. The summed E-state index contributed by atoms with van der Waals surface area (Å²) < 4.78 is 0.923. The number of aryl methyl sites for hydroxylation is 3. The zero-order chi connectivity index (χ0) is 17.4. The maximum Gasteiger partial charge on any atom is 0.221 e. The van der Waals surface area contributed by atoms with Gasteiger partial charge in [0.25, 0.3) is 0 Å². The van der Waals surface area contributed by atoms with Gasteiger partial charge in [-0.05, 0) is 50.1 Å². The van der Waals surface area contributed by atoms with Crippen molar-refractivity contribution in [2.45, 2.75) is 34.2 Å². The molecule has 0 aliphatic carbocycles. The number of aromatic nitrogens is 5. The van der Waals surface area contributed by atoms with E-state index in [1.807, 2.05) is 45.9 Å². The minimum Gasteiger partial charge on any atom is -0.355 e. The van der Waals surface area contributed by atoms with Crippen LogP contribution in [0.3, 0.4) is 0 Å². The Bertz CT molecular complexity index is 925. The van der Waals surface area contributed by atoms with Gasteiger partial charge in [0.1, 0.15) is 0 Å². The van der Waals surface area contributed by atoms with E-state index in [1.165, 1.54) is 4.80 Å². The highest BCUT2D eigenvalue weighted by molar-refractivity contribution is 9.10. The first-order valence-electron chi connectivity index (χ1n) is 7.70. The molecule has 7 heteroatoms. The SMILES string of the molecule is CCn1nnc(-c2[nH]c(C)c(C(=O)c3ccc(C)c(Br)c3)c2C)n1. The Morgan fingerprint density at radius 3 is 2.67 bits per heavy atom. The van der Waals surface area contributed by atoms with Gasteiger partial charge in [-0.2, -0.15) is 4.80 Å². The number of carbonyl (C=O) groups is 1. The number of tetrazole rings is 1. The lowest BCUT2D eigenvalue weighted by molar-refractivity contribution is 0.103. The summed E-state index contributed by atoms with van der Waals surface area (Å²) in [4.78, 5) is 17.7. The van der Waals surface area contributed by atoms with Crippen molar-refractivity contribution in [3.8, 4) is 11.5 Å². The molecular formula is C17H18BrN5O. The number of rotatable bonds is 4. The summed E-state index contributed by atoms with van der Waals surface area (Å²) in [6.07, 6.45) is 0. The number of carbonyl (C=O) groups excluding carboxylic acids is 1. The summed E-state index contributed by atoms with van der Waals surface area (Å²) in [5, 5.41) is 12.4. The third kappa shape index (κ3) is 2.80. The molecule has 0 saturated heterocycles. The predicted molar refractivity (Wildman–Crippen MR) is 95.1 cm³/mol. The van der Waals surface area contributed by atoms with Crippen molar-refractivity contribution in [3.63, 3.8) is 0 Å². The molecule has 24 heavy (non-hydrogen) atoms. The van der Waals surface area contributed by atoms with E-state index in [0.29, 0.717) is 23.5 Å². The molecule has 0 amide bonds. The largest absolute Gasteiger partial charge is 0.355 e. The van der Waals surface area contributed by atoms with Crippen LogP contribution in [-0.4, -0.2) is 31.0 Å². The number of hydrogen-bond acceptors (Lipinski definition) is 4. The van der Waals surface area contributed by atoms with E-state index in [1.54, 1.807) is 0 Å². The lowest BCUT2D eigenvalue weighted by Crippen LogP contribution is -2.04. The lowest BCUT2D eigenvalue weighted by Gasteiger charge is -2.05. The molecule has 0 radical (unpaired) electrons. The molecule has 2 aromatic heterocycles. The zero-order valence-electron chi connectivity index (χ0n) is 14.0. The van der Waals surface area contributed by atoms with Crippen LogP contribution >= 0.6 is 15.9 Å². The number of H-pyrrole nitrogens is 1. The molecule has 3 aromatic rings. The normalized spacial score (nSPS) is 11.0. The summed E-state index contributed by atoms with van der Waals surface area (Å²) in [7, 11) is 0. The van der Waals surface area contributed by atoms with E-state index >= 15 is 0 Å². The van der Waals surface area contributed by atoms with Crippen LogP contribution in [0.4, 0.5) is 0 Å². The number of aromatic amines is 1. The highest BCUT2D eigenvalue weighted by atomic mass is 79.9. The van der Waals surface area contributed by atoms with E-state index < -0.39 is 0 Å². The van der Waals surface area contributed by atoms with Crippen LogP contribution in [0.15, 0.2) is 22.7 Å². The fourth-order valence-electron chi connectivity index (χ4n) is 2.67. The molecule has 0 aliphatic heterocycles. The van der Waals surface area contributed by atoms with Crippen molar-refractivity contribution in [2.75, 3.05) is 0 Å². The van der Waals surface area contributed by atoms with Crippen LogP contribution in [0, 0.1) is 20.8 Å². The minimum atomic E-state index is -0.0175. The van der Waals surface area contributed by atoms with Gasteiger partial charge in [0.2, 0.25) is 5.82 Å². The van der Waals surface area contributed by atoms with E-state index in [0.717, 1.165) is 27.0 Å². The monoisotopic (exact) mass is 387 g/mol. The summed E-state index contributed by atoms with van der Waals surface area (Å²) in [6, 6.07) is 5.64. The van der Waals surface area contributed by atoms with Gasteiger partial charge in [0.05, 0.1) is 12.2 Å². The van der Waals surface area contributed by atoms with E-state index in [-0.39, 0.29) is 5.78 Å². The van der Waals surface area contributed by atoms with Crippen LogP contribution in [0.1, 0.15) is 39.7 Å². The highest BCUT2D eigenvalue weighted by Gasteiger charge is 2.22. The topological polar surface area (TPSA) is 76.5 Å². The molecule has 1 N–H and O–H groups in total. The van der Waals surface area contributed by atoms with Crippen molar-refractivity contribution < 1.29 is 4.79 Å². The van der Waals surface area contributed by atoms with Crippen molar-refractivity contribution in [1.82, 2.24) is 25.2 Å². The lowest BCUT2D eigenvalue weighted by atomic mass is 9.99. The second-order valence-electron chi connectivity index (χ2n) is 5.72. The number of nitrogens with zero attached hydrogens (tertiary/aromatic N) is 4. The standard InChI is InChI=1S/C17H18BrN5O/c1-5-23-21-17(20-22-23)15-10(3)14(11(4)19-15)16(24)12-7-6-9(2)13(18)8-12/h6-8,19H,5H2,1-4H3. The van der Waals surface area contributed by atoms with Crippen molar-refractivity contribution in [2.24, 2.45) is 0 Å². The Hall–Kier alpha value is -2.28. The maximum atomic E-state index is 13.0. The molecule has 2 heterocycles. The van der Waals surface area contributed by atoms with Crippen LogP contribution in [0.5, 0.6) is 0 Å². The number of halogens is 1. The van der Waals surface area contributed by atoms with Gasteiger partial charge >= 0.3 is 0 Å². The molecule has 0 fully saturated rings. The van der Waals surface area contributed by atoms with Gasteiger partial charge in [-0.3, -0.25) is 4.79 Å². The minimum absolute atomic E-state index is 0.0175. The van der Waals surface area contributed by atoms with Crippen LogP contribution in [-0.2, 0) is 6.54 Å². The van der Waals surface area contributed by atoms with Gasteiger partial charge in [-0.1, -0.05) is 28.1 Å². The van der Waals surface area contributed by atoms with Crippen molar-refractivity contribution in [3.05, 3.63) is 50.6 Å². The Morgan fingerprint density at radius 1 is 1.29 bits per heavy atom. The number of nitrogens with one attached hydrogen (secondary N) is 1. The summed E-state index contributed by atoms with van der Waals surface area (Å²) in [5.74, 6) is 0.484. The molecular weight excluding hydrogens is 370 g/mol. The van der Waals surface area contributed by atoms with E-state index in [9.17, 15) is 4.79 Å². The summed E-state index contributed by atoms with van der Waals surface area (Å²) in [6.45, 7) is 8.38. The fourth-order valence-corrected chi connectivity index (χ4v) is 3.05. The average molecular weight is 388 g/mol. The molecule has 3 rings (SSSR count). The van der Waals surface area contributed by atoms with Gasteiger partial charge < -0.3 is 4.98 Å². The third-order valence-electron chi connectivity index (χ3n) is 4.06. The van der Waals surface area contributed by atoms with Crippen molar-refractivity contribution in [1.29, 1.82) is 0 Å². The molecule has 0 saturated carbocycles. The van der Waals surface area contributed by atoms with E-state index in [2.05, 4.69) is 36.3 Å². The van der Waals surface area contributed by atoms with Crippen molar-refractivity contribution >= 4 is 21.7 Å². The third-order valence-corrected chi connectivity index (χ3v) is 4.91. The quantitative estimate of drug-likeness (QED) is 0.693. The smallest absolute Gasteiger partial charge is 0.221 e. The Labute approximate surface area is 148 Å². The number of hydrogen-bond donors (Lipinski definition) is 1. The maximum absolute atomic E-state index is 13.0. The predicted octanol–water partition coefficient (Wildman–Crippen LogP) is 3.61. The Balaban J connectivity index is 2.05. The highest BCUT2D eigenvalue weighted by Crippen LogP contribution is 2.28. The molecule has 0 atom stereocenters. The number of ketones is 1. The molecule has 0 aliphatic rings. The molecule has 0 unspecified atom stereocenters. The molecule has 0 bridgehead atoms. The first kappa shape index (κ1) is 16.6. The molecule has 124 valence electrons. The van der Waals surface area contributed by atoms with Crippen LogP contribution in [0.2, 0.25) is 0 Å². The van der Waals surface area contributed by atoms with Crippen LogP contribution < -0.4 is 0 Å². The first-order valence-corrected chi connectivity index (χ1v) is 8.49. The van der Waals surface area contributed by atoms with Crippen LogP contribution in [0.25, 0.3) is 11.5 Å². The first-order chi connectivity index (χ1) is 11.4. The second kappa shape index (κ2) is 6.32. The van der Waals surface area contributed by atoms with E-state index in [4.69, 9.17) is 0 Å². The average Bonchev–Trinajstić information content (AvgIpc) is 3.14. The molecule has 1 aromatic carbocycles. The van der Waals surface area contributed by atoms with Gasteiger partial charge in [-0.25, -0.2) is 0 Å². The number of benzene rings is 1. The summed E-state index contributed by atoms with van der Waals surface area (Å²) >= 11 is 3.49. The molecule has 0 spiro atoms. The second-order valence-corrected chi connectivity index (χ2v) is 6.57. The van der Waals surface area contributed by atoms with Gasteiger partial charge in [-0.15, -0.1) is 10.2 Å². The Morgan fingerprint density at radius 2 is 2.04 bits per heavy atom. The van der Waals surface area contributed by atoms with Gasteiger partial charge in [0.15, 0.2) is 5.78 Å². The summed E-state index contributed by atoms with van der Waals surface area (Å²) in [5.41, 5.74) is 4.78. The van der Waals surface area contributed by atoms with Gasteiger partial charge in [0, 0.05) is 21.3 Å². The Kier molecular flexibility index (Phi) is 4.36. The fraction of sp³-hybridized carbons (Fsp3) is 0.294.